The smallest absolute Gasteiger partial charge is 0.201 e. The highest BCUT2D eigenvalue weighted by atomic mass is 16.3. The Hall–Kier alpha value is -3.08. The van der Waals surface area contributed by atoms with Gasteiger partial charge in [0, 0.05) is 36.5 Å². The van der Waals surface area contributed by atoms with E-state index in [4.69, 9.17) is 9.41 Å². The van der Waals surface area contributed by atoms with Crippen molar-refractivity contribution in [3.63, 3.8) is 0 Å². The molecule has 5 rings (SSSR count). The van der Waals surface area contributed by atoms with Crippen molar-refractivity contribution < 1.29 is 9.21 Å². The molecule has 1 aliphatic heterocycles. The van der Waals surface area contributed by atoms with E-state index in [9.17, 15) is 4.79 Å². The van der Waals surface area contributed by atoms with Gasteiger partial charge in [-0.15, -0.1) is 0 Å². The second-order valence-electron chi connectivity index (χ2n) is 7.10. The van der Waals surface area contributed by atoms with Crippen molar-refractivity contribution in [1.29, 1.82) is 0 Å². The summed E-state index contributed by atoms with van der Waals surface area (Å²) >= 11 is 0. The van der Waals surface area contributed by atoms with E-state index in [2.05, 4.69) is 9.97 Å². The topological polar surface area (TPSA) is 68.3 Å². The number of benzene rings is 1. The molecular weight excluding hydrogens is 338 g/mol. The lowest BCUT2D eigenvalue weighted by Gasteiger charge is -2.29. The number of hydrogen-bond donors (Lipinski definition) is 0. The largest absolute Gasteiger partial charge is 0.440 e. The molecule has 5 heteroatoms. The minimum atomic E-state index is -0.232. The van der Waals surface area contributed by atoms with Gasteiger partial charge >= 0.3 is 0 Å². The van der Waals surface area contributed by atoms with E-state index in [1.54, 1.807) is 12.4 Å². The molecule has 2 aromatic heterocycles. The Morgan fingerprint density at radius 3 is 2.78 bits per heavy atom. The summed E-state index contributed by atoms with van der Waals surface area (Å²) in [5.41, 5.74) is 5.83. The lowest BCUT2D eigenvalue weighted by atomic mass is 9.80. The van der Waals surface area contributed by atoms with Gasteiger partial charge in [0.05, 0.1) is 6.42 Å². The number of fused-ring (bicyclic) bond motifs is 1. The maximum Gasteiger partial charge on any atom is 0.201 e. The van der Waals surface area contributed by atoms with Crippen LogP contribution < -0.4 is 0 Å². The highest BCUT2D eigenvalue weighted by Gasteiger charge is 2.32. The predicted molar refractivity (Wildman–Crippen MR) is 103 cm³/mol. The number of nitrogens with zero attached hydrogens (tertiary/aromatic N) is 3. The number of hydrogen-bond acceptors (Lipinski definition) is 5. The average Bonchev–Trinajstić information content (AvgIpc) is 3.10. The molecule has 5 nitrogen and oxygen atoms in total. The predicted octanol–water partition coefficient (Wildman–Crippen LogP) is 4.40. The highest BCUT2D eigenvalue weighted by Crippen LogP contribution is 2.39. The quantitative estimate of drug-likeness (QED) is 0.697. The van der Waals surface area contributed by atoms with Crippen LogP contribution in [0.15, 0.2) is 69.3 Å². The Kier molecular flexibility index (Phi) is 3.93. The van der Waals surface area contributed by atoms with Gasteiger partial charge in [0.25, 0.3) is 0 Å². The molecule has 3 heterocycles. The summed E-state index contributed by atoms with van der Waals surface area (Å²) in [4.78, 5) is 26.3. The first kappa shape index (κ1) is 16.1. The summed E-state index contributed by atoms with van der Waals surface area (Å²) in [6, 6.07) is 11.4. The summed E-state index contributed by atoms with van der Waals surface area (Å²) in [7, 11) is 0. The molecule has 0 radical (unpaired) electrons. The minimum absolute atomic E-state index is 0.232. The highest BCUT2D eigenvalue weighted by molar-refractivity contribution is 6.02. The number of ketones is 1. The molecule has 0 spiro atoms. The molecule has 1 aliphatic carbocycles. The molecule has 0 saturated carbocycles. The molecule has 27 heavy (non-hydrogen) atoms. The molecule has 1 atom stereocenters. The van der Waals surface area contributed by atoms with Crippen molar-refractivity contribution >= 4 is 22.6 Å². The van der Waals surface area contributed by atoms with E-state index in [0.717, 1.165) is 47.2 Å². The van der Waals surface area contributed by atoms with Crippen LogP contribution in [0, 0.1) is 0 Å². The van der Waals surface area contributed by atoms with Crippen LogP contribution in [-0.4, -0.2) is 21.5 Å². The molecule has 0 N–H and O–H groups in total. The summed E-state index contributed by atoms with van der Waals surface area (Å²) in [5, 5.41) is 0. The Morgan fingerprint density at radius 1 is 1.07 bits per heavy atom. The van der Waals surface area contributed by atoms with Gasteiger partial charge in [-0.25, -0.2) is 4.98 Å². The van der Waals surface area contributed by atoms with Crippen molar-refractivity contribution in [3.8, 4) is 0 Å². The molecule has 0 amide bonds. The maximum absolute atomic E-state index is 12.6. The van der Waals surface area contributed by atoms with Crippen molar-refractivity contribution in [2.75, 3.05) is 0 Å². The molecule has 3 aromatic rings. The van der Waals surface area contributed by atoms with Gasteiger partial charge in [-0.2, -0.15) is 0 Å². The number of allylic oxidation sites excluding steroid dienone is 1. The lowest BCUT2D eigenvalue weighted by Crippen LogP contribution is -2.24. The molecular formula is C22H19N3O2. The summed E-state index contributed by atoms with van der Waals surface area (Å²) < 4.78 is 5.88. The molecule has 2 aliphatic rings. The van der Waals surface area contributed by atoms with Gasteiger partial charge in [-0.05, 0) is 42.7 Å². The van der Waals surface area contributed by atoms with E-state index in [1.165, 1.54) is 5.57 Å². The maximum atomic E-state index is 12.6. The van der Waals surface area contributed by atoms with E-state index in [-0.39, 0.29) is 11.8 Å². The van der Waals surface area contributed by atoms with Crippen LogP contribution >= 0.6 is 0 Å². The third kappa shape index (κ3) is 2.99. The van der Waals surface area contributed by atoms with E-state index in [1.807, 2.05) is 36.4 Å². The molecule has 1 aromatic carbocycles. The van der Waals surface area contributed by atoms with Crippen LogP contribution in [0.5, 0.6) is 0 Å². The van der Waals surface area contributed by atoms with E-state index in [0.29, 0.717) is 18.7 Å². The fourth-order valence-electron chi connectivity index (χ4n) is 4.06. The van der Waals surface area contributed by atoms with Gasteiger partial charge in [0.15, 0.2) is 11.4 Å². The molecule has 134 valence electrons. The first-order chi connectivity index (χ1) is 13.3. The summed E-state index contributed by atoms with van der Waals surface area (Å²) in [6.07, 6.45) is 7.34. The number of para-hydroxylation sites is 2. The Labute approximate surface area is 156 Å². The third-order valence-electron chi connectivity index (χ3n) is 5.28. The zero-order chi connectivity index (χ0) is 18.2. The second kappa shape index (κ2) is 6.58. The first-order valence-electron chi connectivity index (χ1n) is 9.33. The van der Waals surface area contributed by atoms with Crippen LogP contribution in [0.1, 0.15) is 43.2 Å². The van der Waals surface area contributed by atoms with E-state index < -0.39 is 0 Å². The van der Waals surface area contributed by atoms with Crippen LogP contribution in [0.2, 0.25) is 0 Å². The van der Waals surface area contributed by atoms with Gasteiger partial charge in [0.1, 0.15) is 11.6 Å². The number of aliphatic imine (C=N–C) groups is 1. The second-order valence-corrected chi connectivity index (χ2v) is 7.10. The molecule has 1 unspecified atom stereocenters. The number of oxazole rings is 1. The Bertz CT molecular complexity index is 1050. The van der Waals surface area contributed by atoms with Crippen molar-refractivity contribution in [1.82, 2.24) is 9.97 Å². The van der Waals surface area contributed by atoms with Crippen molar-refractivity contribution in [3.05, 3.63) is 71.4 Å². The Morgan fingerprint density at radius 2 is 1.93 bits per heavy atom. The Balaban J connectivity index is 1.52. The lowest BCUT2D eigenvalue weighted by molar-refractivity contribution is -0.116. The number of aromatic nitrogens is 2. The van der Waals surface area contributed by atoms with Gasteiger partial charge in [-0.3, -0.25) is 14.8 Å². The van der Waals surface area contributed by atoms with Crippen LogP contribution in [0.4, 0.5) is 0 Å². The summed E-state index contributed by atoms with van der Waals surface area (Å²) in [6.45, 7) is 0. The fraction of sp³-hybridized carbons (Fsp3) is 0.273. The van der Waals surface area contributed by atoms with Crippen LogP contribution in [0.25, 0.3) is 11.1 Å². The number of rotatable bonds is 3. The average molecular weight is 357 g/mol. The standard InChI is InChI=1S/C22H19N3O2/c26-18-6-3-4-15-12-16(13-20-25-17-5-1-2-7-19(17)27-20)24-22(21(15)18)14-8-10-23-11-9-14/h1-2,5,7-11,22H,3-4,6,12-13H2. The van der Waals surface area contributed by atoms with Crippen molar-refractivity contribution in [2.24, 2.45) is 4.99 Å². The minimum Gasteiger partial charge on any atom is -0.440 e. The zero-order valence-corrected chi connectivity index (χ0v) is 14.9. The number of Topliss-reactive ketones (excluding diaryl/α,β-unsaturated/α-hetero) is 1. The van der Waals surface area contributed by atoms with Gasteiger partial charge < -0.3 is 4.42 Å². The SMILES string of the molecule is O=C1CCCC2=C1C(c1ccncc1)N=C(Cc1nc3ccccc3o1)C2. The first-order valence-corrected chi connectivity index (χ1v) is 9.33. The third-order valence-corrected chi connectivity index (χ3v) is 5.28. The van der Waals surface area contributed by atoms with E-state index >= 15 is 0 Å². The number of carbonyl (C=O) groups excluding carboxylic acids is 1. The normalized spacial score (nSPS) is 19.9. The molecule has 0 bridgehead atoms. The van der Waals surface area contributed by atoms with Gasteiger partial charge in [0.2, 0.25) is 5.89 Å². The number of pyridine rings is 1. The van der Waals surface area contributed by atoms with Gasteiger partial charge in [-0.1, -0.05) is 17.7 Å². The molecule has 0 saturated heterocycles. The fourth-order valence-corrected chi connectivity index (χ4v) is 4.06. The number of carbonyl (C=O) groups is 1. The van der Waals surface area contributed by atoms with Crippen LogP contribution in [0.3, 0.4) is 0 Å². The number of dihydropyridines is 1. The van der Waals surface area contributed by atoms with Crippen LogP contribution in [-0.2, 0) is 11.2 Å². The summed E-state index contributed by atoms with van der Waals surface area (Å²) in [5.74, 6) is 0.914. The molecule has 0 fully saturated rings. The monoisotopic (exact) mass is 357 g/mol. The van der Waals surface area contributed by atoms with Crippen molar-refractivity contribution in [2.45, 2.75) is 38.1 Å². The zero-order valence-electron chi connectivity index (χ0n) is 14.9.